The Bertz CT molecular complexity index is 1380. The van der Waals surface area contributed by atoms with Gasteiger partial charge in [-0.3, -0.25) is 9.59 Å². The summed E-state index contributed by atoms with van der Waals surface area (Å²) in [6.07, 6.45) is 0.687. The van der Waals surface area contributed by atoms with Gasteiger partial charge in [-0.05, 0) is 30.7 Å². The molecule has 0 spiro atoms. The molecule has 0 unspecified atom stereocenters. The third-order valence-corrected chi connectivity index (χ3v) is 7.22. The van der Waals surface area contributed by atoms with E-state index < -0.39 is 46.8 Å². The molecule has 0 saturated carbocycles. The van der Waals surface area contributed by atoms with E-state index in [4.69, 9.17) is 10.5 Å². The first-order chi connectivity index (χ1) is 15.8. The number of anilines is 1. The number of allylic oxidation sites excluding steroid dienone is 1. The van der Waals surface area contributed by atoms with Crippen LogP contribution >= 0.6 is 0 Å². The van der Waals surface area contributed by atoms with Crippen molar-refractivity contribution >= 4 is 17.3 Å². The highest BCUT2D eigenvalue weighted by Gasteiger charge is 2.82. The Labute approximate surface area is 188 Å². The summed E-state index contributed by atoms with van der Waals surface area (Å²) in [4.78, 5) is 27.2. The molecule has 5 atom stereocenters. The molecule has 33 heavy (non-hydrogen) atoms. The van der Waals surface area contributed by atoms with Gasteiger partial charge in [0.25, 0.3) is 0 Å². The smallest absolute Gasteiger partial charge is 0.198 e. The third-order valence-electron chi connectivity index (χ3n) is 7.22. The molecule has 166 valence electrons. The number of epoxide rings is 1. The minimum Gasteiger partial charge on any atom is -0.507 e. The number of nitrogens with two attached hydrogens (primary N) is 1. The molecule has 1 fully saturated rings. The number of aliphatic hydroxyl groups excluding tert-OH is 2. The summed E-state index contributed by atoms with van der Waals surface area (Å²) in [5, 5.41) is 35.9. The van der Waals surface area contributed by atoms with Crippen molar-refractivity contribution in [1.82, 2.24) is 0 Å². The molecule has 0 radical (unpaired) electrons. The summed E-state index contributed by atoms with van der Waals surface area (Å²) in [5.74, 6) is 4.45. The van der Waals surface area contributed by atoms with Crippen LogP contribution in [0.2, 0.25) is 0 Å². The number of aromatic hydroxyl groups is 1. The van der Waals surface area contributed by atoms with Crippen molar-refractivity contribution in [2.45, 2.75) is 42.9 Å². The largest absolute Gasteiger partial charge is 0.507 e. The van der Waals surface area contributed by atoms with Crippen molar-refractivity contribution in [2.24, 2.45) is 5.73 Å². The van der Waals surface area contributed by atoms with Gasteiger partial charge in [0.1, 0.15) is 17.9 Å². The minimum atomic E-state index is -1.46. The first-order valence-electron chi connectivity index (χ1n) is 10.6. The van der Waals surface area contributed by atoms with E-state index in [-0.39, 0.29) is 40.0 Å². The number of hydrogen-bond acceptors (Lipinski definition) is 8. The zero-order valence-electron chi connectivity index (χ0n) is 17.5. The summed E-state index contributed by atoms with van der Waals surface area (Å²) < 4.78 is 6.12. The average molecular weight is 444 g/mol. The zero-order valence-corrected chi connectivity index (χ0v) is 17.5. The summed E-state index contributed by atoms with van der Waals surface area (Å²) in [7, 11) is 0. The van der Waals surface area contributed by atoms with Gasteiger partial charge >= 0.3 is 0 Å². The second-order valence-electron chi connectivity index (χ2n) is 8.75. The van der Waals surface area contributed by atoms with E-state index in [2.05, 4.69) is 17.2 Å². The van der Waals surface area contributed by atoms with Crippen LogP contribution in [0.25, 0.3) is 0 Å². The molecule has 2 heterocycles. The molecule has 4 aliphatic rings. The van der Waals surface area contributed by atoms with Crippen LogP contribution in [0, 0.1) is 11.8 Å². The van der Waals surface area contributed by atoms with Crippen LogP contribution in [-0.4, -0.2) is 50.7 Å². The first kappa shape index (κ1) is 20.1. The van der Waals surface area contributed by atoms with E-state index in [0.29, 0.717) is 5.56 Å². The highest BCUT2D eigenvalue weighted by molar-refractivity contribution is 6.31. The number of ether oxygens (including phenoxy) is 1. The Morgan fingerprint density at radius 3 is 2.76 bits per heavy atom. The van der Waals surface area contributed by atoms with E-state index in [1.165, 1.54) is 31.2 Å². The number of nitrogens with one attached hydrogen (secondary N) is 1. The fraction of sp³-hybridized carbons (Fsp3) is 0.280. The lowest BCUT2D eigenvalue weighted by molar-refractivity contribution is 0.0866. The van der Waals surface area contributed by atoms with Crippen molar-refractivity contribution in [1.29, 1.82) is 0 Å². The van der Waals surface area contributed by atoms with E-state index >= 15 is 0 Å². The number of rotatable bonds is 2. The van der Waals surface area contributed by atoms with Crippen LogP contribution in [0.5, 0.6) is 5.75 Å². The Morgan fingerprint density at radius 1 is 1.24 bits per heavy atom. The molecular weight excluding hydrogens is 424 g/mol. The van der Waals surface area contributed by atoms with E-state index in [1.54, 1.807) is 12.1 Å². The predicted molar refractivity (Wildman–Crippen MR) is 117 cm³/mol. The molecule has 0 amide bonds. The number of phenols is 1. The molecular formula is C25H20N2O6. The van der Waals surface area contributed by atoms with E-state index in [9.17, 15) is 24.9 Å². The quantitative estimate of drug-likeness (QED) is 0.221. The van der Waals surface area contributed by atoms with Crippen LogP contribution in [-0.2, 0) is 16.9 Å². The van der Waals surface area contributed by atoms with Crippen LogP contribution in [0.15, 0.2) is 36.4 Å². The topological polar surface area (TPSA) is 145 Å². The SMILES string of the molecule is C[C@@H](O)[C@@]12O[C@]13c1cc(O)c4c(c1N[C@H]2C#CC=C[C@H]3O)C(=O)c1c(CN)cccc1C4=O. The molecule has 0 aromatic heterocycles. The van der Waals surface area contributed by atoms with Crippen molar-refractivity contribution in [3.05, 3.63) is 69.8 Å². The number of hydrogen-bond donors (Lipinski definition) is 5. The molecule has 8 nitrogen and oxygen atoms in total. The number of benzene rings is 2. The maximum Gasteiger partial charge on any atom is 0.198 e. The molecule has 2 aliphatic carbocycles. The van der Waals surface area contributed by atoms with Crippen LogP contribution in [0.1, 0.15) is 49.9 Å². The summed E-state index contributed by atoms with van der Waals surface area (Å²) in [6.45, 7) is 1.60. The molecule has 6 rings (SSSR count). The number of ketones is 2. The molecule has 8 heteroatoms. The number of carbonyl (C=O) groups is 2. The molecule has 1 saturated heterocycles. The lowest BCUT2D eigenvalue weighted by atomic mass is 9.69. The predicted octanol–water partition coefficient (Wildman–Crippen LogP) is 0.700. The molecule has 2 aliphatic heterocycles. The van der Waals surface area contributed by atoms with Crippen LogP contribution in [0.3, 0.4) is 0 Å². The van der Waals surface area contributed by atoms with Gasteiger partial charge in [-0.2, -0.15) is 0 Å². The van der Waals surface area contributed by atoms with Crippen LogP contribution in [0.4, 0.5) is 5.69 Å². The van der Waals surface area contributed by atoms with Gasteiger partial charge in [-0.25, -0.2) is 0 Å². The monoisotopic (exact) mass is 444 g/mol. The van der Waals surface area contributed by atoms with Gasteiger partial charge < -0.3 is 31.1 Å². The number of carbonyl (C=O) groups excluding carboxylic acids is 2. The highest BCUT2D eigenvalue weighted by atomic mass is 16.7. The van der Waals surface area contributed by atoms with Gasteiger partial charge in [0.2, 0.25) is 0 Å². The number of aliphatic hydroxyl groups is 2. The summed E-state index contributed by atoms with van der Waals surface area (Å²) in [5.41, 5.74) is 4.37. The molecule has 2 aromatic carbocycles. The standard InChI is InChI=1S/C25H20N2O6/c1-11(28)24-16-7-2-3-8-17(30)25(24,33-24)14-9-15(29)19-20(21(14)27-16)23(32)18-12(10-26)5-4-6-13(18)22(19)31/h3-6,8-9,11,16-17,27-30H,10,26H2,1H3/t11-,16+,17-,24+,25+/m1/s1. The van der Waals surface area contributed by atoms with Crippen LogP contribution < -0.4 is 11.1 Å². The van der Waals surface area contributed by atoms with E-state index in [0.717, 1.165) is 0 Å². The van der Waals surface area contributed by atoms with Crippen molar-refractivity contribution in [3.8, 4) is 17.6 Å². The highest BCUT2D eigenvalue weighted by Crippen LogP contribution is 2.67. The maximum absolute atomic E-state index is 13.8. The van der Waals surface area contributed by atoms with Crippen molar-refractivity contribution < 1.29 is 29.6 Å². The number of fused-ring (bicyclic) bond motifs is 4. The molecule has 6 N–H and O–H groups in total. The van der Waals surface area contributed by atoms with Crippen molar-refractivity contribution in [3.63, 3.8) is 0 Å². The first-order valence-corrected chi connectivity index (χ1v) is 10.6. The lowest BCUT2D eigenvalue weighted by Crippen LogP contribution is -2.55. The molecule has 2 bridgehead atoms. The van der Waals surface area contributed by atoms with Gasteiger partial charge in [-0.15, -0.1) is 0 Å². The Balaban J connectivity index is 1.68. The fourth-order valence-electron chi connectivity index (χ4n) is 5.72. The maximum atomic E-state index is 13.8. The van der Waals surface area contributed by atoms with Gasteiger partial charge in [-0.1, -0.05) is 30.0 Å². The second kappa shape index (κ2) is 6.31. The average Bonchev–Trinajstić information content (AvgIpc) is 3.52. The van der Waals surface area contributed by atoms with E-state index in [1.807, 2.05) is 0 Å². The summed E-state index contributed by atoms with van der Waals surface area (Å²) >= 11 is 0. The Kier molecular flexibility index (Phi) is 3.85. The zero-order chi connectivity index (χ0) is 23.3. The third kappa shape index (κ3) is 2.15. The second-order valence-corrected chi connectivity index (χ2v) is 8.75. The minimum absolute atomic E-state index is 0.0129. The normalized spacial score (nSPS) is 30.9. The Morgan fingerprint density at radius 2 is 2.03 bits per heavy atom. The lowest BCUT2D eigenvalue weighted by Gasteiger charge is -2.38. The van der Waals surface area contributed by atoms with Gasteiger partial charge in [0.05, 0.1) is 22.9 Å². The molecule has 2 aromatic rings. The summed E-state index contributed by atoms with van der Waals surface area (Å²) in [6, 6.07) is 5.41. The van der Waals surface area contributed by atoms with Gasteiger partial charge in [0.15, 0.2) is 22.8 Å². The number of phenolic OH excluding ortho intramolecular Hbond substituents is 1. The fourth-order valence-corrected chi connectivity index (χ4v) is 5.72. The van der Waals surface area contributed by atoms with Crippen molar-refractivity contribution in [2.75, 3.05) is 5.32 Å². The van der Waals surface area contributed by atoms with Gasteiger partial charge in [0, 0.05) is 23.2 Å². The Hall–Kier alpha value is -3.48.